The number of aromatic hydroxyl groups is 1. The summed E-state index contributed by atoms with van der Waals surface area (Å²) in [6, 6.07) is 16.1. The van der Waals surface area contributed by atoms with E-state index < -0.39 is 29.5 Å². The van der Waals surface area contributed by atoms with Crippen LogP contribution in [-0.2, 0) is 22.8 Å². The number of aryl methyl sites for hydroxylation is 1. The smallest absolute Gasteiger partial charge is 0.322 e. The van der Waals surface area contributed by atoms with Gasteiger partial charge < -0.3 is 20.1 Å². The third-order valence-corrected chi connectivity index (χ3v) is 6.42. The molecule has 0 atom stereocenters. The second-order valence-electron chi connectivity index (χ2n) is 7.67. The van der Waals surface area contributed by atoms with E-state index in [2.05, 4.69) is 29.6 Å². The highest BCUT2D eigenvalue weighted by molar-refractivity contribution is 7.98. The summed E-state index contributed by atoms with van der Waals surface area (Å²) in [6.45, 7) is 1.65. The Kier molecular flexibility index (Phi) is 6.05. The van der Waals surface area contributed by atoms with E-state index in [-0.39, 0.29) is 12.3 Å². The number of hydrogen-bond acceptors (Lipinski definition) is 5. The number of benzene rings is 2. The van der Waals surface area contributed by atoms with Crippen molar-refractivity contribution in [1.29, 1.82) is 0 Å². The van der Waals surface area contributed by atoms with Gasteiger partial charge in [-0.1, -0.05) is 54.1 Å². The van der Waals surface area contributed by atoms with Gasteiger partial charge in [-0.25, -0.2) is 0 Å². The Morgan fingerprint density at radius 3 is 2.28 bits per heavy atom. The van der Waals surface area contributed by atoms with Gasteiger partial charge in [0.2, 0.25) is 0 Å². The maximum absolute atomic E-state index is 13.1. The minimum atomic E-state index is -1.23. The minimum Gasteiger partial charge on any atom is -0.507 e. The van der Waals surface area contributed by atoms with Crippen molar-refractivity contribution >= 4 is 23.6 Å². The van der Waals surface area contributed by atoms with E-state index in [0.717, 1.165) is 16.7 Å². The molecule has 1 aromatic heterocycles. The number of carboxylic acids is 1. The van der Waals surface area contributed by atoms with E-state index in [1.165, 1.54) is 10.1 Å². The Labute approximate surface area is 188 Å². The number of aromatic nitrogens is 1. The summed E-state index contributed by atoms with van der Waals surface area (Å²) in [5.74, 6) is -1.45. The number of carbonyl (C=O) groups is 2. The number of thioether (sulfide) groups is 1. The third kappa shape index (κ3) is 4.27. The van der Waals surface area contributed by atoms with Gasteiger partial charge in [0.15, 0.2) is 0 Å². The van der Waals surface area contributed by atoms with Crippen LogP contribution in [0.5, 0.6) is 5.75 Å². The number of rotatable bonds is 6. The van der Waals surface area contributed by atoms with Crippen LogP contribution in [-0.4, -0.2) is 33.2 Å². The lowest BCUT2D eigenvalue weighted by Gasteiger charge is -2.16. The molecule has 8 heteroatoms. The summed E-state index contributed by atoms with van der Waals surface area (Å²) in [6.07, 6.45) is 0. The highest BCUT2D eigenvalue weighted by Gasteiger charge is 2.28. The summed E-state index contributed by atoms with van der Waals surface area (Å²) in [4.78, 5) is 36.4. The number of nitrogens with one attached hydrogen (secondary N) is 1. The SMILES string of the molecule is Cc1ccc(-c2ccc(Cn3c4c(c(O)c(C(=O)NCC(=O)O)c3=O)CSC4)cc2)cc1. The summed E-state index contributed by atoms with van der Waals surface area (Å²) in [5, 5.41) is 21.5. The molecule has 4 rings (SSSR count). The molecule has 0 unspecified atom stereocenters. The fourth-order valence-corrected chi connectivity index (χ4v) is 4.86. The van der Waals surface area contributed by atoms with E-state index in [0.29, 0.717) is 22.8 Å². The molecule has 164 valence electrons. The Balaban J connectivity index is 1.68. The van der Waals surface area contributed by atoms with Crippen molar-refractivity contribution < 1.29 is 19.8 Å². The van der Waals surface area contributed by atoms with E-state index in [1.54, 1.807) is 11.8 Å². The number of nitrogens with zero attached hydrogens (tertiary/aromatic N) is 1. The molecule has 2 heterocycles. The van der Waals surface area contributed by atoms with Gasteiger partial charge in [-0.2, -0.15) is 11.8 Å². The van der Waals surface area contributed by atoms with Crippen LogP contribution in [0.3, 0.4) is 0 Å². The summed E-state index contributed by atoms with van der Waals surface area (Å²) in [5.41, 5.74) is 4.41. The third-order valence-electron chi connectivity index (χ3n) is 5.45. The molecule has 1 aliphatic rings. The molecule has 0 spiro atoms. The molecule has 1 amide bonds. The van der Waals surface area contributed by atoms with Crippen LogP contribution in [0.15, 0.2) is 53.3 Å². The maximum atomic E-state index is 13.1. The van der Waals surface area contributed by atoms with Crippen molar-refractivity contribution in [3.05, 3.63) is 86.8 Å². The lowest BCUT2D eigenvalue weighted by atomic mass is 10.0. The maximum Gasteiger partial charge on any atom is 0.322 e. The first kappa shape index (κ1) is 21.7. The molecular weight excluding hydrogens is 428 g/mol. The Bertz CT molecular complexity index is 1250. The van der Waals surface area contributed by atoms with E-state index >= 15 is 0 Å². The topological polar surface area (TPSA) is 109 Å². The van der Waals surface area contributed by atoms with Gasteiger partial charge in [-0.05, 0) is 23.6 Å². The zero-order valence-corrected chi connectivity index (χ0v) is 18.2. The molecule has 2 aromatic carbocycles. The van der Waals surface area contributed by atoms with Crippen LogP contribution in [0, 0.1) is 6.92 Å². The first-order valence-corrected chi connectivity index (χ1v) is 11.2. The van der Waals surface area contributed by atoms with Crippen molar-refractivity contribution in [3.8, 4) is 16.9 Å². The average Bonchev–Trinajstić information content (AvgIpc) is 3.26. The average molecular weight is 451 g/mol. The van der Waals surface area contributed by atoms with E-state index in [4.69, 9.17) is 5.11 Å². The molecule has 0 radical (unpaired) electrons. The molecule has 1 aliphatic heterocycles. The predicted octanol–water partition coefficient (Wildman–Crippen LogP) is 3.14. The van der Waals surface area contributed by atoms with Gasteiger partial charge in [0.25, 0.3) is 11.5 Å². The number of hydrogen-bond donors (Lipinski definition) is 3. The molecule has 0 fully saturated rings. The summed E-state index contributed by atoms with van der Waals surface area (Å²) < 4.78 is 1.51. The molecule has 3 aromatic rings. The van der Waals surface area contributed by atoms with Crippen LogP contribution >= 0.6 is 11.8 Å². The quantitative estimate of drug-likeness (QED) is 0.532. The van der Waals surface area contributed by atoms with Crippen LogP contribution in [0.4, 0.5) is 0 Å². The fraction of sp³-hybridized carbons (Fsp3) is 0.208. The van der Waals surface area contributed by atoms with Crippen molar-refractivity contribution in [1.82, 2.24) is 9.88 Å². The fourth-order valence-electron chi connectivity index (χ4n) is 3.72. The van der Waals surface area contributed by atoms with Crippen molar-refractivity contribution in [2.24, 2.45) is 0 Å². The van der Waals surface area contributed by atoms with Crippen LogP contribution in [0.2, 0.25) is 0 Å². The van der Waals surface area contributed by atoms with Crippen molar-refractivity contribution in [2.75, 3.05) is 6.54 Å². The number of fused-ring (bicyclic) bond motifs is 1. The summed E-state index contributed by atoms with van der Waals surface area (Å²) in [7, 11) is 0. The first-order valence-electron chi connectivity index (χ1n) is 10.1. The van der Waals surface area contributed by atoms with Gasteiger partial charge in [0.1, 0.15) is 17.9 Å². The monoisotopic (exact) mass is 450 g/mol. The number of amides is 1. The zero-order valence-electron chi connectivity index (χ0n) is 17.4. The standard InChI is InChI=1S/C24H22N2O5S/c1-14-2-6-16(7-3-14)17-8-4-15(5-9-17)11-26-19-13-32-12-18(19)22(29)21(24(26)31)23(30)25-10-20(27)28/h2-9,29H,10-13H2,1H3,(H,25,30)(H,27,28). The van der Waals surface area contributed by atoms with E-state index in [1.807, 2.05) is 31.2 Å². The molecule has 3 N–H and O–H groups in total. The first-order chi connectivity index (χ1) is 15.3. The van der Waals surface area contributed by atoms with Gasteiger partial charge in [-0.3, -0.25) is 14.4 Å². The van der Waals surface area contributed by atoms with Crippen LogP contribution in [0.25, 0.3) is 11.1 Å². The Morgan fingerprint density at radius 2 is 1.66 bits per heavy atom. The van der Waals surface area contributed by atoms with E-state index in [9.17, 15) is 19.5 Å². The van der Waals surface area contributed by atoms with Gasteiger partial charge in [0, 0.05) is 22.8 Å². The van der Waals surface area contributed by atoms with Gasteiger partial charge in [-0.15, -0.1) is 0 Å². The molecule has 0 saturated heterocycles. The predicted molar refractivity (Wildman–Crippen MR) is 123 cm³/mol. The molecule has 0 aliphatic carbocycles. The highest BCUT2D eigenvalue weighted by atomic mass is 32.2. The number of pyridine rings is 1. The lowest BCUT2D eigenvalue weighted by Crippen LogP contribution is -2.37. The Hall–Kier alpha value is -3.52. The van der Waals surface area contributed by atoms with Crippen LogP contribution < -0.4 is 10.9 Å². The second-order valence-corrected chi connectivity index (χ2v) is 8.66. The van der Waals surface area contributed by atoms with Crippen molar-refractivity contribution in [2.45, 2.75) is 25.0 Å². The zero-order chi connectivity index (χ0) is 22.8. The molecule has 32 heavy (non-hydrogen) atoms. The number of carbonyl (C=O) groups excluding carboxylic acids is 1. The van der Waals surface area contributed by atoms with Crippen molar-refractivity contribution in [3.63, 3.8) is 0 Å². The highest BCUT2D eigenvalue weighted by Crippen LogP contribution is 2.36. The number of aliphatic carboxylic acids is 1. The molecule has 7 nitrogen and oxygen atoms in total. The number of carboxylic acid groups (broad SMARTS) is 1. The molecule has 0 saturated carbocycles. The minimum absolute atomic E-state index is 0.245. The lowest BCUT2D eigenvalue weighted by molar-refractivity contribution is -0.135. The molecule has 0 bridgehead atoms. The normalized spacial score (nSPS) is 12.4. The molecular formula is C24H22N2O5S. The van der Waals surface area contributed by atoms with Gasteiger partial charge >= 0.3 is 5.97 Å². The summed E-state index contributed by atoms with van der Waals surface area (Å²) >= 11 is 1.54. The van der Waals surface area contributed by atoms with Crippen LogP contribution in [0.1, 0.15) is 32.7 Å². The largest absolute Gasteiger partial charge is 0.507 e. The Morgan fingerprint density at radius 1 is 1.03 bits per heavy atom. The second kappa shape index (κ2) is 8.92. The van der Waals surface area contributed by atoms with Gasteiger partial charge in [0.05, 0.1) is 6.54 Å².